The molecule has 132 valence electrons. The lowest BCUT2D eigenvalue weighted by Gasteiger charge is -2.09. The molecule has 0 spiro atoms. The maximum atomic E-state index is 12.9. The topological polar surface area (TPSA) is 39.1 Å². The summed E-state index contributed by atoms with van der Waals surface area (Å²) in [5.74, 6) is -0.829. The van der Waals surface area contributed by atoms with Crippen LogP contribution in [0.15, 0.2) is 85.1 Å². The molecule has 1 aromatic heterocycles. The second-order valence-electron chi connectivity index (χ2n) is 6.62. The number of aryl methyl sites for hydroxylation is 1. The molecule has 27 heavy (non-hydrogen) atoms. The van der Waals surface area contributed by atoms with E-state index in [0.717, 1.165) is 27.6 Å². The molecule has 0 aliphatic rings. The van der Waals surface area contributed by atoms with Crippen LogP contribution in [0.2, 0.25) is 0 Å². The number of rotatable bonds is 5. The van der Waals surface area contributed by atoms with E-state index in [2.05, 4.69) is 0 Å². The largest absolute Gasteiger partial charge is 0.350 e. The SMILES string of the molecule is Cn1cc(C(=O)C(=O)Cc2ccccc2-c2ccccc2)c2ccccc21. The van der Waals surface area contributed by atoms with Crippen LogP contribution in [0, 0.1) is 0 Å². The molecule has 0 aliphatic heterocycles. The predicted octanol–water partition coefficient (Wildman–Crippen LogP) is 4.84. The molecule has 0 radical (unpaired) electrons. The summed E-state index contributed by atoms with van der Waals surface area (Å²) in [6.07, 6.45) is 1.83. The number of ketones is 2. The third kappa shape index (κ3) is 3.20. The van der Waals surface area contributed by atoms with Crippen molar-refractivity contribution in [1.29, 1.82) is 0 Å². The highest BCUT2D eigenvalue weighted by Crippen LogP contribution is 2.25. The van der Waals surface area contributed by atoms with Crippen LogP contribution in [-0.4, -0.2) is 16.1 Å². The molecule has 3 nitrogen and oxygen atoms in total. The van der Waals surface area contributed by atoms with Gasteiger partial charge in [-0.05, 0) is 22.8 Å². The Labute approximate surface area is 157 Å². The Morgan fingerprint density at radius 2 is 1.48 bits per heavy atom. The lowest BCUT2D eigenvalue weighted by molar-refractivity contribution is -0.114. The van der Waals surface area contributed by atoms with E-state index in [1.165, 1.54) is 0 Å². The molecule has 4 rings (SSSR count). The molecule has 0 amide bonds. The van der Waals surface area contributed by atoms with Crippen LogP contribution >= 0.6 is 0 Å². The highest BCUT2D eigenvalue weighted by atomic mass is 16.2. The van der Waals surface area contributed by atoms with Gasteiger partial charge in [0.05, 0.1) is 5.56 Å². The van der Waals surface area contributed by atoms with Crippen molar-refractivity contribution >= 4 is 22.5 Å². The monoisotopic (exact) mass is 353 g/mol. The van der Waals surface area contributed by atoms with Gasteiger partial charge in [0.15, 0.2) is 0 Å². The van der Waals surface area contributed by atoms with Gasteiger partial charge in [-0.2, -0.15) is 0 Å². The van der Waals surface area contributed by atoms with E-state index in [1.54, 1.807) is 6.20 Å². The van der Waals surface area contributed by atoms with E-state index < -0.39 is 11.6 Å². The van der Waals surface area contributed by atoms with Crippen molar-refractivity contribution in [3.05, 3.63) is 96.2 Å². The minimum absolute atomic E-state index is 0.0904. The average molecular weight is 353 g/mol. The van der Waals surface area contributed by atoms with E-state index in [0.29, 0.717) is 5.56 Å². The number of carbonyl (C=O) groups is 2. The highest BCUT2D eigenvalue weighted by molar-refractivity contribution is 6.46. The van der Waals surface area contributed by atoms with Crippen molar-refractivity contribution in [2.24, 2.45) is 7.05 Å². The number of hydrogen-bond donors (Lipinski definition) is 0. The molecule has 3 aromatic carbocycles. The zero-order valence-electron chi connectivity index (χ0n) is 15.1. The lowest BCUT2D eigenvalue weighted by Crippen LogP contribution is -2.17. The third-order valence-corrected chi connectivity index (χ3v) is 4.85. The molecule has 0 fully saturated rings. The quantitative estimate of drug-likeness (QED) is 0.380. The first-order valence-electron chi connectivity index (χ1n) is 8.90. The standard InChI is InChI=1S/C24H19NO2/c1-25-16-21(20-13-7-8-14-22(20)25)24(27)23(26)15-18-11-5-6-12-19(18)17-9-3-2-4-10-17/h2-14,16H,15H2,1H3. The second-order valence-corrected chi connectivity index (χ2v) is 6.62. The fourth-order valence-corrected chi connectivity index (χ4v) is 3.50. The first kappa shape index (κ1) is 17.0. The average Bonchev–Trinajstić information content (AvgIpc) is 3.05. The van der Waals surface area contributed by atoms with Gasteiger partial charge in [-0.15, -0.1) is 0 Å². The summed E-state index contributed by atoms with van der Waals surface area (Å²) in [5, 5.41) is 0.815. The summed E-state index contributed by atoms with van der Waals surface area (Å²) < 4.78 is 1.88. The lowest BCUT2D eigenvalue weighted by atomic mass is 9.94. The molecular formula is C24H19NO2. The molecular weight excluding hydrogens is 334 g/mol. The zero-order chi connectivity index (χ0) is 18.8. The summed E-state index contributed by atoms with van der Waals surface area (Å²) in [6, 6.07) is 25.3. The van der Waals surface area contributed by atoms with Crippen LogP contribution in [0.3, 0.4) is 0 Å². The smallest absolute Gasteiger partial charge is 0.231 e. The van der Waals surface area contributed by atoms with E-state index >= 15 is 0 Å². The molecule has 4 aromatic rings. The second kappa shape index (κ2) is 7.04. The third-order valence-electron chi connectivity index (χ3n) is 4.85. The first-order chi connectivity index (χ1) is 13.1. The maximum absolute atomic E-state index is 12.9. The van der Waals surface area contributed by atoms with Crippen LogP contribution in [-0.2, 0) is 18.3 Å². The molecule has 3 heteroatoms. The van der Waals surface area contributed by atoms with Crippen molar-refractivity contribution in [3.63, 3.8) is 0 Å². The van der Waals surface area contributed by atoms with Crippen molar-refractivity contribution in [2.75, 3.05) is 0 Å². The Morgan fingerprint density at radius 3 is 2.30 bits per heavy atom. The number of carbonyl (C=O) groups excluding carboxylic acids is 2. The number of Topliss-reactive ketones (excluding diaryl/α,β-unsaturated/α-hetero) is 2. The molecule has 0 saturated carbocycles. The number of nitrogens with zero attached hydrogens (tertiary/aromatic N) is 1. The van der Waals surface area contributed by atoms with E-state index in [1.807, 2.05) is 90.5 Å². The zero-order valence-corrected chi connectivity index (χ0v) is 15.1. The minimum atomic E-state index is -0.435. The number of aromatic nitrogens is 1. The van der Waals surface area contributed by atoms with Crippen LogP contribution in [0.5, 0.6) is 0 Å². The Hall–Kier alpha value is -3.46. The minimum Gasteiger partial charge on any atom is -0.350 e. The van der Waals surface area contributed by atoms with Gasteiger partial charge < -0.3 is 4.57 Å². The summed E-state index contributed by atoms with van der Waals surface area (Å²) in [5.41, 5.74) is 4.30. The van der Waals surface area contributed by atoms with Crippen molar-refractivity contribution in [1.82, 2.24) is 4.57 Å². The number of benzene rings is 3. The van der Waals surface area contributed by atoms with E-state index in [4.69, 9.17) is 0 Å². The highest BCUT2D eigenvalue weighted by Gasteiger charge is 2.22. The fourth-order valence-electron chi connectivity index (χ4n) is 3.50. The Bertz CT molecular complexity index is 1140. The molecule has 1 heterocycles. The van der Waals surface area contributed by atoms with Crippen LogP contribution in [0.25, 0.3) is 22.0 Å². The Kier molecular flexibility index (Phi) is 4.43. The summed E-state index contributed by atoms with van der Waals surface area (Å²) in [4.78, 5) is 25.7. The number of para-hydroxylation sites is 1. The van der Waals surface area contributed by atoms with Gasteiger partial charge in [-0.3, -0.25) is 9.59 Å². The van der Waals surface area contributed by atoms with Crippen molar-refractivity contribution < 1.29 is 9.59 Å². The van der Waals surface area contributed by atoms with Gasteiger partial charge in [0.1, 0.15) is 0 Å². The summed E-state index contributed by atoms with van der Waals surface area (Å²) in [7, 11) is 1.88. The van der Waals surface area contributed by atoms with Crippen molar-refractivity contribution in [3.8, 4) is 11.1 Å². The molecule has 0 bridgehead atoms. The number of hydrogen-bond acceptors (Lipinski definition) is 2. The van der Waals surface area contributed by atoms with Gasteiger partial charge in [0.25, 0.3) is 0 Å². The molecule has 0 unspecified atom stereocenters. The van der Waals surface area contributed by atoms with Gasteiger partial charge in [0.2, 0.25) is 11.6 Å². The number of fused-ring (bicyclic) bond motifs is 1. The van der Waals surface area contributed by atoms with Gasteiger partial charge >= 0.3 is 0 Å². The first-order valence-corrected chi connectivity index (χ1v) is 8.90. The van der Waals surface area contributed by atoms with Crippen molar-refractivity contribution in [2.45, 2.75) is 6.42 Å². The fraction of sp³-hybridized carbons (Fsp3) is 0.0833. The van der Waals surface area contributed by atoms with Gasteiger partial charge in [0, 0.05) is 30.6 Å². The molecule has 0 aliphatic carbocycles. The maximum Gasteiger partial charge on any atom is 0.231 e. The summed E-state index contributed by atoms with van der Waals surface area (Å²) >= 11 is 0. The van der Waals surface area contributed by atoms with E-state index in [9.17, 15) is 9.59 Å². The van der Waals surface area contributed by atoms with E-state index in [-0.39, 0.29) is 6.42 Å². The van der Waals surface area contributed by atoms with Crippen LogP contribution in [0.1, 0.15) is 15.9 Å². The van der Waals surface area contributed by atoms with Crippen LogP contribution in [0.4, 0.5) is 0 Å². The molecule has 0 N–H and O–H groups in total. The van der Waals surface area contributed by atoms with Gasteiger partial charge in [-0.25, -0.2) is 0 Å². The molecule has 0 saturated heterocycles. The summed E-state index contributed by atoms with van der Waals surface area (Å²) in [6.45, 7) is 0. The Morgan fingerprint density at radius 1 is 0.815 bits per heavy atom. The Balaban J connectivity index is 1.66. The predicted molar refractivity (Wildman–Crippen MR) is 108 cm³/mol. The normalized spacial score (nSPS) is 10.9. The van der Waals surface area contributed by atoms with Gasteiger partial charge in [-0.1, -0.05) is 72.8 Å². The van der Waals surface area contributed by atoms with Crippen LogP contribution < -0.4 is 0 Å². The molecule has 0 atom stereocenters.